The number of aromatic nitrogens is 1. The first-order chi connectivity index (χ1) is 11.5. The molecular formula is C15H20N4O4S. The Hall–Kier alpha value is -2.00. The van der Waals surface area contributed by atoms with Crippen LogP contribution in [0.1, 0.15) is 17.4 Å². The summed E-state index contributed by atoms with van der Waals surface area (Å²) < 4.78 is 5.03. The second kappa shape index (κ2) is 6.86. The molecule has 2 aliphatic heterocycles. The van der Waals surface area contributed by atoms with Crippen molar-refractivity contribution < 1.29 is 19.1 Å². The molecule has 0 aromatic carbocycles. The fourth-order valence-corrected chi connectivity index (χ4v) is 3.67. The van der Waals surface area contributed by atoms with Crippen LogP contribution in [-0.2, 0) is 14.3 Å². The minimum Gasteiger partial charge on any atom is -0.383 e. The largest absolute Gasteiger partial charge is 0.383 e. The zero-order valence-electron chi connectivity index (χ0n) is 13.7. The Bertz CT molecular complexity index is 635. The minimum atomic E-state index is -0.623. The van der Waals surface area contributed by atoms with E-state index in [-0.39, 0.29) is 24.3 Å². The smallest absolute Gasteiger partial charge is 0.274 e. The van der Waals surface area contributed by atoms with Crippen LogP contribution in [0, 0.1) is 0 Å². The van der Waals surface area contributed by atoms with Crippen LogP contribution in [0.4, 0.5) is 0 Å². The van der Waals surface area contributed by atoms with Crippen LogP contribution in [0.15, 0.2) is 10.9 Å². The van der Waals surface area contributed by atoms with Gasteiger partial charge in [-0.05, 0) is 6.92 Å². The van der Waals surface area contributed by atoms with Gasteiger partial charge in [0.1, 0.15) is 17.8 Å². The van der Waals surface area contributed by atoms with E-state index in [0.717, 1.165) is 0 Å². The maximum Gasteiger partial charge on any atom is 0.274 e. The Morgan fingerprint density at radius 3 is 2.83 bits per heavy atom. The first-order valence-corrected chi connectivity index (χ1v) is 8.76. The molecule has 0 saturated carbocycles. The molecule has 2 saturated heterocycles. The summed E-state index contributed by atoms with van der Waals surface area (Å²) in [5.74, 6) is -0.622. The molecule has 0 unspecified atom stereocenters. The molecule has 1 aromatic rings. The van der Waals surface area contributed by atoms with Crippen molar-refractivity contribution in [2.45, 2.75) is 19.0 Å². The number of methoxy groups -OCH3 is 1. The van der Waals surface area contributed by atoms with Gasteiger partial charge in [-0.15, -0.1) is 11.3 Å². The van der Waals surface area contributed by atoms with E-state index in [9.17, 15) is 14.4 Å². The van der Waals surface area contributed by atoms with Crippen LogP contribution in [0.25, 0.3) is 0 Å². The van der Waals surface area contributed by atoms with Crippen molar-refractivity contribution >= 4 is 29.1 Å². The van der Waals surface area contributed by atoms with Crippen LogP contribution in [-0.4, -0.2) is 89.4 Å². The van der Waals surface area contributed by atoms with Crippen molar-refractivity contribution in [3.05, 3.63) is 16.6 Å². The SMILES string of the molecule is COCCN1CCN2C(=O)[C@H](C)N(C(=O)c3cscn3)C[C@H]2C1=O. The van der Waals surface area contributed by atoms with Crippen molar-refractivity contribution in [1.82, 2.24) is 19.7 Å². The van der Waals surface area contributed by atoms with Crippen molar-refractivity contribution in [2.75, 3.05) is 39.9 Å². The molecule has 2 aliphatic rings. The normalized spacial score (nSPS) is 24.3. The Kier molecular flexibility index (Phi) is 4.81. The number of piperazine rings is 2. The number of hydrogen-bond donors (Lipinski definition) is 0. The highest BCUT2D eigenvalue weighted by molar-refractivity contribution is 7.07. The molecular weight excluding hydrogens is 332 g/mol. The molecule has 9 heteroatoms. The summed E-state index contributed by atoms with van der Waals surface area (Å²) in [5, 5.41) is 1.65. The summed E-state index contributed by atoms with van der Waals surface area (Å²) in [5.41, 5.74) is 1.89. The van der Waals surface area contributed by atoms with Gasteiger partial charge in [0.15, 0.2) is 0 Å². The van der Waals surface area contributed by atoms with Crippen LogP contribution in [0.3, 0.4) is 0 Å². The molecule has 0 spiro atoms. The highest BCUT2D eigenvalue weighted by Crippen LogP contribution is 2.23. The highest BCUT2D eigenvalue weighted by Gasteiger charge is 2.46. The Balaban J connectivity index is 1.79. The van der Waals surface area contributed by atoms with Gasteiger partial charge in [-0.2, -0.15) is 0 Å². The fourth-order valence-electron chi connectivity index (χ4n) is 3.14. The van der Waals surface area contributed by atoms with Gasteiger partial charge in [0.05, 0.1) is 18.7 Å². The number of ether oxygens (including phenoxy) is 1. The molecule has 8 nitrogen and oxygen atoms in total. The number of hydrogen-bond acceptors (Lipinski definition) is 6. The molecule has 2 atom stereocenters. The van der Waals surface area contributed by atoms with Gasteiger partial charge in [0, 0.05) is 32.1 Å². The Morgan fingerprint density at radius 1 is 1.38 bits per heavy atom. The summed E-state index contributed by atoms with van der Waals surface area (Å²) >= 11 is 1.32. The maximum atomic E-state index is 12.7. The van der Waals surface area contributed by atoms with Crippen LogP contribution in [0.5, 0.6) is 0 Å². The first kappa shape index (κ1) is 16.8. The maximum absolute atomic E-state index is 12.7. The average Bonchev–Trinajstić information content (AvgIpc) is 3.11. The van der Waals surface area contributed by atoms with Crippen LogP contribution < -0.4 is 0 Å². The lowest BCUT2D eigenvalue weighted by molar-refractivity contribution is -0.160. The molecule has 0 radical (unpaired) electrons. The predicted octanol–water partition coefficient (Wildman–Crippen LogP) is -0.327. The Morgan fingerprint density at radius 2 is 2.17 bits per heavy atom. The van der Waals surface area contributed by atoms with E-state index in [0.29, 0.717) is 31.9 Å². The third-order valence-electron chi connectivity index (χ3n) is 4.54. The van der Waals surface area contributed by atoms with Gasteiger partial charge in [-0.1, -0.05) is 0 Å². The third-order valence-corrected chi connectivity index (χ3v) is 5.13. The molecule has 3 heterocycles. The van der Waals surface area contributed by atoms with E-state index in [1.807, 2.05) is 0 Å². The monoisotopic (exact) mass is 352 g/mol. The molecule has 130 valence electrons. The van der Waals surface area contributed by atoms with E-state index < -0.39 is 12.1 Å². The lowest BCUT2D eigenvalue weighted by atomic mass is 10.0. The molecule has 0 aliphatic carbocycles. The molecule has 3 amide bonds. The summed E-state index contributed by atoms with van der Waals surface area (Å²) in [6, 6.07) is -1.21. The summed E-state index contributed by atoms with van der Waals surface area (Å²) in [4.78, 5) is 46.7. The van der Waals surface area contributed by atoms with Crippen molar-refractivity contribution in [1.29, 1.82) is 0 Å². The number of carbonyl (C=O) groups is 3. The number of carbonyl (C=O) groups excluding carboxylic acids is 3. The third kappa shape index (κ3) is 2.89. The van der Waals surface area contributed by atoms with Crippen LogP contribution in [0.2, 0.25) is 0 Å². The number of amides is 3. The van der Waals surface area contributed by atoms with E-state index in [2.05, 4.69) is 4.98 Å². The quantitative estimate of drug-likeness (QED) is 0.741. The summed E-state index contributed by atoms with van der Waals surface area (Å²) in [6.07, 6.45) is 0. The predicted molar refractivity (Wildman–Crippen MR) is 86.6 cm³/mol. The minimum absolute atomic E-state index is 0.130. The second-order valence-electron chi connectivity index (χ2n) is 5.87. The molecule has 24 heavy (non-hydrogen) atoms. The molecule has 0 N–H and O–H groups in total. The number of nitrogens with zero attached hydrogens (tertiary/aromatic N) is 4. The van der Waals surface area contributed by atoms with Gasteiger partial charge in [-0.3, -0.25) is 14.4 Å². The van der Waals surface area contributed by atoms with Crippen molar-refractivity contribution in [2.24, 2.45) is 0 Å². The fraction of sp³-hybridized carbons (Fsp3) is 0.600. The highest BCUT2D eigenvalue weighted by atomic mass is 32.1. The lowest BCUT2D eigenvalue weighted by Crippen LogP contribution is -2.70. The molecule has 0 bridgehead atoms. The zero-order valence-corrected chi connectivity index (χ0v) is 14.5. The summed E-state index contributed by atoms with van der Waals surface area (Å²) in [7, 11) is 1.58. The second-order valence-corrected chi connectivity index (χ2v) is 6.59. The topological polar surface area (TPSA) is 83.1 Å². The standard InChI is InChI=1S/C15H20N4O4S/c1-10-13(20)18-4-3-17(5-6-23-2)15(22)12(18)7-19(10)14(21)11-8-24-9-16-11/h8-10,12H,3-7H2,1-2H3/t10-,12-/m0/s1. The van der Waals surface area contributed by atoms with E-state index in [4.69, 9.17) is 4.74 Å². The van der Waals surface area contributed by atoms with E-state index in [1.54, 1.807) is 34.7 Å². The number of fused-ring (bicyclic) bond motifs is 1. The van der Waals surface area contributed by atoms with E-state index in [1.165, 1.54) is 16.2 Å². The summed E-state index contributed by atoms with van der Waals surface area (Å²) in [6.45, 7) is 3.82. The molecule has 2 fully saturated rings. The van der Waals surface area contributed by atoms with Crippen LogP contribution >= 0.6 is 11.3 Å². The average molecular weight is 352 g/mol. The lowest BCUT2D eigenvalue weighted by Gasteiger charge is -2.48. The van der Waals surface area contributed by atoms with Crippen molar-refractivity contribution in [3.8, 4) is 0 Å². The van der Waals surface area contributed by atoms with E-state index >= 15 is 0 Å². The van der Waals surface area contributed by atoms with Gasteiger partial charge < -0.3 is 19.4 Å². The first-order valence-electron chi connectivity index (χ1n) is 7.82. The molecule has 1 aromatic heterocycles. The number of rotatable bonds is 4. The Labute approximate surface area is 144 Å². The van der Waals surface area contributed by atoms with Crippen molar-refractivity contribution in [3.63, 3.8) is 0 Å². The van der Waals surface area contributed by atoms with Gasteiger partial charge in [-0.25, -0.2) is 4.98 Å². The van der Waals surface area contributed by atoms with Gasteiger partial charge >= 0.3 is 0 Å². The molecule has 3 rings (SSSR count). The van der Waals surface area contributed by atoms with Gasteiger partial charge in [0.2, 0.25) is 11.8 Å². The number of thiazole rings is 1. The zero-order chi connectivity index (χ0) is 17.3. The van der Waals surface area contributed by atoms with Gasteiger partial charge in [0.25, 0.3) is 5.91 Å².